The molecule has 0 amide bonds. The molecule has 0 radical (unpaired) electrons. The summed E-state index contributed by atoms with van der Waals surface area (Å²) in [6, 6.07) is 6.52. The Morgan fingerprint density at radius 1 is 1.22 bits per heavy atom. The van der Waals surface area contributed by atoms with Gasteiger partial charge in [-0.3, -0.25) is 0 Å². The van der Waals surface area contributed by atoms with Crippen molar-refractivity contribution in [2.75, 3.05) is 6.61 Å². The molecule has 1 atom stereocenters. The molecule has 1 aliphatic rings. The quantitative estimate of drug-likeness (QED) is 0.934. The van der Waals surface area contributed by atoms with Crippen molar-refractivity contribution in [3.8, 4) is 11.3 Å². The number of nitrogens with zero attached hydrogens (tertiary/aromatic N) is 2. The summed E-state index contributed by atoms with van der Waals surface area (Å²) in [6.07, 6.45) is -1.76. The molecule has 1 saturated heterocycles. The van der Waals surface area contributed by atoms with Crippen LogP contribution < -0.4 is 0 Å². The molecule has 7 heteroatoms. The highest BCUT2D eigenvalue weighted by atomic mass is 19.4. The Morgan fingerprint density at radius 3 is 2.52 bits per heavy atom. The number of hydrogen-bond acceptors (Lipinski definition) is 3. The lowest BCUT2D eigenvalue weighted by atomic mass is 10.1. The van der Waals surface area contributed by atoms with Crippen molar-refractivity contribution in [3.63, 3.8) is 0 Å². The molecule has 4 nitrogen and oxygen atoms in total. The SMILES string of the molecule is OCc1cc(-c2ccc(C(F)(F)F)cc2)nn1C1CCCCO1. The molecule has 3 rings (SSSR count). The number of rotatable bonds is 3. The van der Waals surface area contributed by atoms with Crippen molar-refractivity contribution in [1.29, 1.82) is 0 Å². The highest BCUT2D eigenvalue weighted by Crippen LogP contribution is 2.31. The van der Waals surface area contributed by atoms with Crippen LogP contribution in [0.1, 0.15) is 36.7 Å². The molecule has 0 bridgehead atoms. The van der Waals surface area contributed by atoms with Crippen LogP contribution in [0.5, 0.6) is 0 Å². The summed E-state index contributed by atoms with van der Waals surface area (Å²) in [4.78, 5) is 0. The van der Waals surface area contributed by atoms with E-state index in [0.717, 1.165) is 31.4 Å². The van der Waals surface area contributed by atoms with Gasteiger partial charge in [0.2, 0.25) is 0 Å². The van der Waals surface area contributed by atoms with Crippen molar-refractivity contribution >= 4 is 0 Å². The maximum atomic E-state index is 12.6. The molecule has 23 heavy (non-hydrogen) atoms. The molecule has 0 spiro atoms. The molecule has 0 aliphatic carbocycles. The molecule has 1 fully saturated rings. The van der Waals surface area contributed by atoms with Crippen LogP contribution in [-0.2, 0) is 17.5 Å². The van der Waals surface area contributed by atoms with Gasteiger partial charge in [0.05, 0.1) is 23.6 Å². The van der Waals surface area contributed by atoms with Crippen molar-refractivity contribution in [2.45, 2.75) is 38.3 Å². The van der Waals surface area contributed by atoms with Gasteiger partial charge in [0, 0.05) is 12.2 Å². The van der Waals surface area contributed by atoms with E-state index in [2.05, 4.69) is 5.10 Å². The molecule has 124 valence electrons. The summed E-state index contributed by atoms with van der Waals surface area (Å²) in [7, 11) is 0. The van der Waals surface area contributed by atoms with Crippen LogP contribution in [0.25, 0.3) is 11.3 Å². The predicted octanol–water partition coefficient (Wildman–Crippen LogP) is 3.76. The van der Waals surface area contributed by atoms with Crippen LogP contribution in [0.3, 0.4) is 0 Å². The van der Waals surface area contributed by atoms with E-state index in [1.54, 1.807) is 10.7 Å². The fourth-order valence-electron chi connectivity index (χ4n) is 2.69. The summed E-state index contributed by atoms with van der Waals surface area (Å²) in [5.41, 5.74) is 0.990. The Morgan fingerprint density at radius 2 is 1.96 bits per heavy atom. The average molecular weight is 326 g/mol. The molecule has 2 aromatic rings. The molecule has 0 saturated carbocycles. The molecular weight excluding hydrogens is 309 g/mol. The lowest BCUT2D eigenvalue weighted by Crippen LogP contribution is -2.21. The standard InChI is InChI=1S/C16H17F3N2O2/c17-16(18,19)12-6-4-11(5-7-12)14-9-13(10-22)21(20-14)15-3-1-2-8-23-15/h4-7,9,15,22H,1-3,8,10H2. The lowest BCUT2D eigenvalue weighted by Gasteiger charge is -2.24. The molecule has 1 N–H and O–H groups in total. The highest BCUT2D eigenvalue weighted by molar-refractivity contribution is 5.60. The van der Waals surface area contributed by atoms with Crippen LogP contribution in [0.2, 0.25) is 0 Å². The number of aliphatic hydroxyl groups excluding tert-OH is 1. The van der Waals surface area contributed by atoms with Gasteiger partial charge in [0.1, 0.15) is 0 Å². The Labute approximate surface area is 131 Å². The maximum Gasteiger partial charge on any atom is 0.416 e. The van der Waals surface area contributed by atoms with E-state index in [1.165, 1.54) is 12.1 Å². The number of aliphatic hydroxyl groups is 1. The molecule has 2 heterocycles. The fraction of sp³-hybridized carbons (Fsp3) is 0.438. The van der Waals surface area contributed by atoms with Crippen LogP contribution in [-0.4, -0.2) is 21.5 Å². The molecule has 1 aromatic carbocycles. The minimum atomic E-state index is -4.36. The molecule has 1 aromatic heterocycles. The van der Waals surface area contributed by atoms with Crippen LogP contribution in [0.15, 0.2) is 30.3 Å². The van der Waals surface area contributed by atoms with Gasteiger partial charge < -0.3 is 9.84 Å². The zero-order valence-electron chi connectivity index (χ0n) is 12.4. The van der Waals surface area contributed by atoms with Gasteiger partial charge in [-0.25, -0.2) is 4.68 Å². The first-order valence-electron chi connectivity index (χ1n) is 7.47. The van der Waals surface area contributed by atoms with E-state index >= 15 is 0 Å². The van der Waals surface area contributed by atoms with E-state index in [1.807, 2.05) is 0 Å². The third-order valence-electron chi connectivity index (χ3n) is 3.91. The summed E-state index contributed by atoms with van der Waals surface area (Å²) < 4.78 is 45.1. The van der Waals surface area contributed by atoms with Gasteiger partial charge in [-0.2, -0.15) is 18.3 Å². The second-order valence-electron chi connectivity index (χ2n) is 5.52. The van der Waals surface area contributed by atoms with Gasteiger partial charge in [-0.1, -0.05) is 12.1 Å². The number of ether oxygens (including phenoxy) is 1. The normalized spacial score (nSPS) is 19.0. The van der Waals surface area contributed by atoms with E-state index < -0.39 is 11.7 Å². The number of alkyl halides is 3. The summed E-state index contributed by atoms with van der Waals surface area (Å²) >= 11 is 0. The summed E-state index contributed by atoms with van der Waals surface area (Å²) in [5.74, 6) is 0. The smallest absolute Gasteiger partial charge is 0.390 e. The van der Waals surface area contributed by atoms with Crippen LogP contribution in [0.4, 0.5) is 13.2 Å². The monoisotopic (exact) mass is 326 g/mol. The zero-order valence-corrected chi connectivity index (χ0v) is 12.4. The Kier molecular flexibility index (Phi) is 4.41. The first-order valence-corrected chi connectivity index (χ1v) is 7.47. The minimum Gasteiger partial charge on any atom is -0.390 e. The van der Waals surface area contributed by atoms with Gasteiger partial charge in [-0.05, 0) is 37.5 Å². The van der Waals surface area contributed by atoms with Crippen molar-refractivity contribution < 1.29 is 23.0 Å². The third kappa shape index (κ3) is 3.40. The second kappa shape index (κ2) is 6.33. The minimum absolute atomic E-state index is 0.201. The van der Waals surface area contributed by atoms with E-state index in [9.17, 15) is 18.3 Å². The number of benzene rings is 1. The zero-order chi connectivity index (χ0) is 16.4. The van der Waals surface area contributed by atoms with Gasteiger partial charge >= 0.3 is 6.18 Å². The summed E-state index contributed by atoms with van der Waals surface area (Å²) in [5, 5.41) is 13.9. The van der Waals surface area contributed by atoms with Gasteiger partial charge in [0.25, 0.3) is 0 Å². The molecule has 1 aliphatic heterocycles. The van der Waals surface area contributed by atoms with Crippen LogP contribution in [0, 0.1) is 0 Å². The van der Waals surface area contributed by atoms with Gasteiger partial charge in [-0.15, -0.1) is 0 Å². The van der Waals surface area contributed by atoms with Crippen molar-refractivity contribution in [2.24, 2.45) is 0 Å². The Balaban J connectivity index is 1.89. The van der Waals surface area contributed by atoms with Gasteiger partial charge in [0.15, 0.2) is 6.23 Å². The first-order chi connectivity index (χ1) is 11.0. The third-order valence-corrected chi connectivity index (χ3v) is 3.91. The highest BCUT2D eigenvalue weighted by Gasteiger charge is 2.30. The van der Waals surface area contributed by atoms with E-state index in [-0.39, 0.29) is 12.8 Å². The van der Waals surface area contributed by atoms with Crippen LogP contribution >= 0.6 is 0 Å². The number of hydrogen-bond donors (Lipinski definition) is 1. The Hall–Kier alpha value is -1.86. The fourth-order valence-corrected chi connectivity index (χ4v) is 2.69. The first kappa shape index (κ1) is 16.0. The molecular formula is C16H17F3N2O2. The van der Waals surface area contributed by atoms with Crippen molar-refractivity contribution in [3.05, 3.63) is 41.6 Å². The number of aromatic nitrogens is 2. The average Bonchev–Trinajstić information content (AvgIpc) is 2.99. The van der Waals surface area contributed by atoms with E-state index in [0.29, 0.717) is 23.6 Å². The lowest BCUT2D eigenvalue weighted by molar-refractivity contribution is -0.137. The second-order valence-corrected chi connectivity index (χ2v) is 5.52. The maximum absolute atomic E-state index is 12.6. The van der Waals surface area contributed by atoms with E-state index in [4.69, 9.17) is 4.74 Å². The van der Waals surface area contributed by atoms with Crippen molar-refractivity contribution in [1.82, 2.24) is 9.78 Å². The number of halogens is 3. The summed E-state index contributed by atoms with van der Waals surface area (Å²) in [6.45, 7) is 0.443. The Bertz CT molecular complexity index is 659. The topological polar surface area (TPSA) is 47.3 Å². The largest absolute Gasteiger partial charge is 0.416 e. The molecule has 1 unspecified atom stereocenters. The predicted molar refractivity (Wildman–Crippen MR) is 77.4 cm³/mol.